The van der Waals surface area contributed by atoms with Gasteiger partial charge in [0.2, 0.25) is 6.41 Å². The number of amides is 1. The van der Waals surface area contributed by atoms with Crippen LogP contribution in [0.4, 0.5) is 0 Å². The van der Waals surface area contributed by atoms with Crippen molar-refractivity contribution in [1.29, 1.82) is 0 Å². The lowest BCUT2D eigenvalue weighted by molar-refractivity contribution is -0.181. The van der Waals surface area contributed by atoms with Gasteiger partial charge in [0.15, 0.2) is 5.72 Å². The number of rotatable bonds is 3. The molecule has 0 bridgehead atoms. The van der Waals surface area contributed by atoms with Gasteiger partial charge in [-0.3, -0.25) is 4.79 Å². The average Bonchev–Trinajstić information content (AvgIpc) is 2.69. The summed E-state index contributed by atoms with van der Waals surface area (Å²) in [5.41, 5.74) is -0.442. The van der Waals surface area contributed by atoms with E-state index in [-0.39, 0.29) is 6.04 Å². The molecule has 0 aliphatic carbocycles. The van der Waals surface area contributed by atoms with Crippen LogP contribution in [0.5, 0.6) is 0 Å². The van der Waals surface area contributed by atoms with Crippen LogP contribution in [-0.4, -0.2) is 34.1 Å². The van der Waals surface area contributed by atoms with E-state index in [0.29, 0.717) is 19.4 Å². The summed E-state index contributed by atoms with van der Waals surface area (Å²) in [5, 5.41) is 14.0. The van der Waals surface area contributed by atoms with Gasteiger partial charge in [-0.2, -0.15) is 0 Å². The van der Waals surface area contributed by atoms with E-state index in [4.69, 9.17) is 0 Å². The Morgan fingerprint density at radius 1 is 1.35 bits per heavy atom. The molecule has 1 N–H and O–H groups in total. The van der Waals surface area contributed by atoms with Crippen molar-refractivity contribution >= 4 is 6.41 Å². The lowest BCUT2D eigenvalue weighted by Crippen LogP contribution is -2.49. The van der Waals surface area contributed by atoms with Crippen LogP contribution in [0, 0.1) is 0 Å². The van der Waals surface area contributed by atoms with Crippen molar-refractivity contribution in [3.8, 4) is 0 Å². The van der Waals surface area contributed by atoms with Crippen LogP contribution >= 0.6 is 0 Å². The number of hydrogen-bond acceptors (Lipinski definition) is 3. The molecule has 92 valence electrons. The molecule has 1 fully saturated rings. The number of aliphatic hydroxyl groups is 1. The Kier molecular flexibility index (Phi) is 3.17. The zero-order valence-electron chi connectivity index (χ0n) is 10.2. The van der Waals surface area contributed by atoms with Crippen molar-refractivity contribution in [3.63, 3.8) is 0 Å². The number of carbonyl (C=O) groups is 1. The number of benzene rings is 1. The first-order valence-corrected chi connectivity index (χ1v) is 5.88. The summed E-state index contributed by atoms with van der Waals surface area (Å²) >= 11 is 0. The summed E-state index contributed by atoms with van der Waals surface area (Å²) in [6.45, 7) is 4.70. The Morgan fingerprint density at radius 2 is 2.00 bits per heavy atom. The monoisotopic (exact) mass is 234 g/mol. The van der Waals surface area contributed by atoms with Crippen molar-refractivity contribution in [2.45, 2.75) is 32.0 Å². The first kappa shape index (κ1) is 12.1. The highest BCUT2D eigenvalue weighted by Gasteiger charge is 2.45. The maximum Gasteiger partial charge on any atom is 0.226 e. The predicted molar refractivity (Wildman–Crippen MR) is 64.7 cm³/mol. The third-order valence-electron chi connectivity index (χ3n) is 3.28. The summed E-state index contributed by atoms with van der Waals surface area (Å²) in [6, 6.07) is 9.52. The van der Waals surface area contributed by atoms with Crippen molar-refractivity contribution < 1.29 is 9.90 Å². The molecule has 1 aliphatic heterocycles. The van der Waals surface area contributed by atoms with Gasteiger partial charge in [0.1, 0.15) is 0 Å². The standard InChI is InChI=1S/C13H18N2O2/c1-11(2)14-9-8-13(17,15(14)10-16)12-6-4-3-5-7-12/h3-7,10-11,17H,8-9H2,1-2H3/t13-/m0/s1. The van der Waals surface area contributed by atoms with Gasteiger partial charge < -0.3 is 5.11 Å². The minimum absolute atomic E-state index is 0.193. The molecule has 0 aromatic heterocycles. The van der Waals surface area contributed by atoms with E-state index in [1.54, 1.807) is 0 Å². The maximum atomic E-state index is 11.2. The third kappa shape index (κ3) is 1.94. The molecule has 1 aromatic rings. The number of hydrogen-bond donors (Lipinski definition) is 1. The minimum Gasteiger partial charge on any atom is -0.366 e. The molecule has 1 aliphatic rings. The molecular weight excluding hydrogens is 216 g/mol. The molecule has 17 heavy (non-hydrogen) atoms. The second kappa shape index (κ2) is 4.47. The largest absolute Gasteiger partial charge is 0.366 e. The Bertz CT molecular complexity index is 394. The smallest absolute Gasteiger partial charge is 0.226 e. The van der Waals surface area contributed by atoms with Gasteiger partial charge in [0.05, 0.1) is 0 Å². The second-order valence-corrected chi connectivity index (χ2v) is 4.64. The van der Waals surface area contributed by atoms with E-state index >= 15 is 0 Å². The highest BCUT2D eigenvalue weighted by molar-refractivity contribution is 5.50. The highest BCUT2D eigenvalue weighted by atomic mass is 16.3. The van der Waals surface area contributed by atoms with Crippen LogP contribution in [0.15, 0.2) is 30.3 Å². The van der Waals surface area contributed by atoms with Gasteiger partial charge in [-0.15, -0.1) is 0 Å². The molecule has 1 aromatic carbocycles. The van der Waals surface area contributed by atoms with Gasteiger partial charge >= 0.3 is 0 Å². The van der Waals surface area contributed by atoms with Gasteiger partial charge in [-0.25, -0.2) is 10.0 Å². The van der Waals surface area contributed by atoms with Crippen LogP contribution in [-0.2, 0) is 10.5 Å². The van der Waals surface area contributed by atoms with Crippen molar-refractivity contribution in [2.24, 2.45) is 0 Å². The van der Waals surface area contributed by atoms with E-state index in [1.807, 2.05) is 49.2 Å². The lowest BCUT2D eigenvalue weighted by atomic mass is 10.0. The molecule has 0 unspecified atom stereocenters. The summed E-state index contributed by atoms with van der Waals surface area (Å²) in [6.07, 6.45) is 1.24. The van der Waals surface area contributed by atoms with Crippen molar-refractivity contribution in [2.75, 3.05) is 6.54 Å². The quantitative estimate of drug-likeness (QED) is 0.802. The van der Waals surface area contributed by atoms with Gasteiger partial charge in [0.25, 0.3) is 0 Å². The summed E-state index contributed by atoms with van der Waals surface area (Å²) in [5.74, 6) is 0. The molecule has 0 radical (unpaired) electrons. The fourth-order valence-electron chi connectivity index (χ4n) is 2.34. The molecule has 1 atom stereocenters. The second-order valence-electron chi connectivity index (χ2n) is 4.64. The van der Waals surface area contributed by atoms with Gasteiger partial charge in [-0.1, -0.05) is 30.3 Å². The molecule has 0 spiro atoms. The third-order valence-corrected chi connectivity index (χ3v) is 3.28. The fraction of sp³-hybridized carbons (Fsp3) is 0.462. The molecule has 0 saturated carbocycles. The number of carbonyl (C=O) groups excluding carboxylic acids is 1. The molecule has 2 rings (SSSR count). The first-order chi connectivity index (χ1) is 8.09. The Balaban J connectivity index is 2.35. The molecule has 1 heterocycles. The van der Waals surface area contributed by atoms with Crippen LogP contribution in [0.2, 0.25) is 0 Å². The Morgan fingerprint density at radius 3 is 2.53 bits per heavy atom. The average molecular weight is 234 g/mol. The molecule has 4 nitrogen and oxygen atoms in total. The van der Waals surface area contributed by atoms with E-state index in [1.165, 1.54) is 5.01 Å². The maximum absolute atomic E-state index is 11.2. The Labute approximate surface area is 101 Å². The molecule has 4 heteroatoms. The SMILES string of the molecule is CC(C)N1CC[C@](O)(c2ccccc2)N1C=O. The van der Waals surface area contributed by atoms with Crippen LogP contribution in [0.25, 0.3) is 0 Å². The summed E-state index contributed by atoms with van der Waals surface area (Å²) in [4.78, 5) is 11.2. The van der Waals surface area contributed by atoms with Crippen LogP contribution in [0.1, 0.15) is 25.8 Å². The molecule has 1 amide bonds. The van der Waals surface area contributed by atoms with Gasteiger partial charge in [0, 0.05) is 24.6 Å². The molecular formula is C13H18N2O2. The topological polar surface area (TPSA) is 43.8 Å². The van der Waals surface area contributed by atoms with Crippen LogP contribution in [0.3, 0.4) is 0 Å². The van der Waals surface area contributed by atoms with E-state index in [9.17, 15) is 9.90 Å². The molecule has 1 saturated heterocycles. The van der Waals surface area contributed by atoms with Crippen molar-refractivity contribution in [1.82, 2.24) is 10.0 Å². The Hall–Kier alpha value is -1.39. The lowest BCUT2D eigenvalue weighted by Gasteiger charge is -2.36. The van der Waals surface area contributed by atoms with E-state index in [0.717, 1.165) is 5.56 Å². The van der Waals surface area contributed by atoms with E-state index < -0.39 is 5.72 Å². The van der Waals surface area contributed by atoms with Gasteiger partial charge in [-0.05, 0) is 13.8 Å². The predicted octanol–water partition coefficient (Wildman–Crippen LogP) is 1.32. The van der Waals surface area contributed by atoms with E-state index in [2.05, 4.69) is 0 Å². The number of hydrazine groups is 1. The van der Waals surface area contributed by atoms with Crippen molar-refractivity contribution in [3.05, 3.63) is 35.9 Å². The summed E-state index contributed by atoms with van der Waals surface area (Å²) in [7, 11) is 0. The first-order valence-electron chi connectivity index (χ1n) is 5.88. The fourth-order valence-corrected chi connectivity index (χ4v) is 2.34. The number of nitrogens with zero attached hydrogens (tertiary/aromatic N) is 2. The zero-order chi connectivity index (χ0) is 12.5. The summed E-state index contributed by atoms with van der Waals surface area (Å²) < 4.78 is 0. The van der Waals surface area contributed by atoms with Crippen LogP contribution < -0.4 is 0 Å². The zero-order valence-corrected chi connectivity index (χ0v) is 10.2. The normalized spacial score (nSPS) is 25.5. The minimum atomic E-state index is -1.20. The highest BCUT2D eigenvalue weighted by Crippen LogP contribution is 2.36.